The Morgan fingerprint density at radius 3 is 2.12 bits per heavy atom. The Kier molecular flexibility index (Phi) is 19.8. The minimum atomic E-state index is 0.406. The van der Waals surface area contributed by atoms with E-state index < -0.39 is 0 Å². The van der Waals surface area contributed by atoms with Gasteiger partial charge in [0.25, 0.3) is 0 Å². The van der Waals surface area contributed by atoms with Crippen LogP contribution in [0.25, 0.3) is 0 Å². The van der Waals surface area contributed by atoms with Crippen LogP contribution >= 0.6 is 0 Å². The Morgan fingerprint density at radius 2 is 1.56 bits per heavy atom. The number of nitrogens with zero attached hydrogens (tertiary/aromatic N) is 5. The SMILES string of the molecule is C=Nc1c(Cc2ccccc2)nc(OCCCC)nc1N(CC)Cc1ccccc1.CC.CCCOCNC=NC. The van der Waals surface area contributed by atoms with Gasteiger partial charge in [0, 0.05) is 33.2 Å². The topological polar surface area (TPSA) is 84.2 Å². The van der Waals surface area contributed by atoms with Gasteiger partial charge >= 0.3 is 6.01 Å². The fourth-order valence-corrected chi connectivity index (χ4v) is 3.68. The van der Waals surface area contributed by atoms with Crippen molar-refractivity contribution < 1.29 is 9.47 Å². The van der Waals surface area contributed by atoms with Crippen LogP contribution in [0.1, 0.15) is 70.7 Å². The fourth-order valence-electron chi connectivity index (χ4n) is 3.68. The predicted molar refractivity (Wildman–Crippen MR) is 174 cm³/mol. The third-order valence-electron chi connectivity index (χ3n) is 5.67. The minimum Gasteiger partial charge on any atom is -0.463 e. The molecule has 0 fully saturated rings. The third kappa shape index (κ3) is 13.9. The minimum absolute atomic E-state index is 0.406. The normalized spacial score (nSPS) is 10.2. The van der Waals surface area contributed by atoms with Gasteiger partial charge < -0.3 is 19.7 Å². The number of aromatic nitrogens is 2. The summed E-state index contributed by atoms with van der Waals surface area (Å²) in [6.45, 7) is 17.7. The summed E-state index contributed by atoms with van der Waals surface area (Å²) < 4.78 is 11.0. The standard InChI is InChI=1S/C25H30N4O.C6H14N2O.C2H6/c1-4-6-17-30-25-27-22(18-20-13-9-7-10-14-20)23(26-3)24(28-25)29(5-2)19-21-15-11-8-12-16-21;1-3-4-9-6-8-5-7-2;1-2/h7-16H,3-6,17-19H2,1-2H3;5H,3-4,6H2,1-2H3,(H,7,8);1-2H3. The monoisotopic (exact) mass is 562 g/mol. The largest absolute Gasteiger partial charge is 0.463 e. The Morgan fingerprint density at radius 1 is 0.902 bits per heavy atom. The van der Waals surface area contributed by atoms with Crippen molar-refractivity contribution in [1.29, 1.82) is 0 Å². The van der Waals surface area contributed by atoms with Gasteiger partial charge in [-0.1, -0.05) is 94.8 Å². The van der Waals surface area contributed by atoms with Gasteiger partial charge in [0.15, 0.2) is 5.82 Å². The molecule has 0 unspecified atom stereocenters. The van der Waals surface area contributed by atoms with Gasteiger partial charge in [0.2, 0.25) is 0 Å². The summed E-state index contributed by atoms with van der Waals surface area (Å²) in [5.41, 5.74) is 3.93. The maximum absolute atomic E-state index is 5.90. The molecule has 1 aromatic heterocycles. The molecule has 0 aliphatic heterocycles. The van der Waals surface area contributed by atoms with E-state index in [0.717, 1.165) is 61.7 Å². The van der Waals surface area contributed by atoms with Gasteiger partial charge in [0.05, 0.1) is 18.6 Å². The zero-order valence-electron chi connectivity index (χ0n) is 26.0. The summed E-state index contributed by atoms with van der Waals surface area (Å²) in [5.74, 6) is 0.767. The maximum atomic E-state index is 5.90. The molecule has 0 amide bonds. The first-order valence-corrected chi connectivity index (χ1v) is 14.7. The molecule has 224 valence electrons. The molecule has 0 saturated heterocycles. The molecule has 0 radical (unpaired) electrons. The Balaban J connectivity index is 0.000000653. The van der Waals surface area contributed by atoms with Gasteiger partial charge in [-0.05, 0) is 37.6 Å². The molecule has 1 heterocycles. The second-order valence-electron chi connectivity index (χ2n) is 8.79. The van der Waals surface area contributed by atoms with Crippen molar-refractivity contribution in [2.75, 3.05) is 38.4 Å². The van der Waals surface area contributed by atoms with Gasteiger partial charge in [-0.3, -0.25) is 9.98 Å². The number of hydrogen-bond donors (Lipinski definition) is 1. The fraction of sp³-hybridized carbons (Fsp3) is 0.455. The van der Waals surface area contributed by atoms with E-state index in [1.807, 2.05) is 38.1 Å². The van der Waals surface area contributed by atoms with Crippen molar-refractivity contribution in [2.24, 2.45) is 9.98 Å². The number of unbranched alkanes of at least 4 members (excludes halogenated alkanes) is 1. The van der Waals surface area contributed by atoms with E-state index in [1.165, 1.54) is 5.56 Å². The number of ether oxygens (including phenoxy) is 2. The van der Waals surface area contributed by atoms with Gasteiger partial charge in [0.1, 0.15) is 12.4 Å². The van der Waals surface area contributed by atoms with E-state index in [4.69, 9.17) is 19.4 Å². The first kappa shape index (κ1) is 35.2. The number of aliphatic imine (C=N–C) groups is 2. The van der Waals surface area contributed by atoms with Crippen LogP contribution in [-0.4, -0.2) is 56.6 Å². The van der Waals surface area contributed by atoms with Crippen LogP contribution in [0.15, 0.2) is 70.6 Å². The molecule has 2 aromatic carbocycles. The second kappa shape index (κ2) is 23.0. The van der Waals surface area contributed by atoms with Crippen LogP contribution in [0.4, 0.5) is 11.5 Å². The zero-order chi connectivity index (χ0) is 30.1. The first-order valence-electron chi connectivity index (χ1n) is 14.7. The summed E-state index contributed by atoms with van der Waals surface area (Å²) in [6, 6.07) is 21.0. The van der Waals surface area contributed by atoms with Crippen molar-refractivity contribution in [2.45, 2.75) is 66.8 Å². The van der Waals surface area contributed by atoms with Crippen molar-refractivity contribution in [3.8, 4) is 6.01 Å². The van der Waals surface area contributed by atoms with Crippen molar-refractivity contribution in [3.05, 3.63) is 77.5 Å². The van der Waals surface area contributed by atoms with Gasteiger partial charge in [-0.25, -0.2) is 0 Å². The maximum Gasteiger partial charge on any atom is 0.318 e. The Bertz CT molecular complexity index is 1090. The van der Waals surface area contributed by atoms with E-state index in [1.54, 1.807) is 13.4 Å². The first-order chi connectivity index (χ1) is 20.2. The molecular formula is C33H50N6O2. The van der Waals surface area contributed by atoms with Crippen LogP contribution < -0.4 is 15.0 Å². The van der Waals surface area contributed by atoms with E-state index in [0.29, 0.717) is 25.8 Å². The molecule has 8 nitrogen and oxygen atoms in total. The molecule has 1 N–H and O–H groups in total. The van der Waals surface area contributed by atoms with Crippen LogP contribution in [0, 0.1) is 0 Å². The number of nitrogens with one attached hydrogen (secondary N) is 1. The highest BCUT2D eigenvalue weighted by atomic mass is 16.5. The van der Waals surface area contributed by atoms with E-state index in [-0.39, 0.29) is 0 Å². The third-order valence-corrected chi connectivity index (χ3v) is 5.67. The van der Waals surface area contributed by atoms with Gasteiger partial charge in [-0.15, -0.1) is 0 Å². The highest BCUT2D eigenvalue weighted by Crippen LogP contribution is 2.33. The summed E-state index contributed by atoms with van der Waals surface area (Å²) in [6.07, 6.45) is 5.36. The molecule has 41 heavy (non-hydrogen) atoms. The lowest BCUT2D eigenvalue weighted by Crippen LogP contribution is -2.24. The predicted octanol–water partition coefficient (Wildman–Crippen LogP) is 7.25. The summed E-state index contributed by atoms with van der Waals surface area (Å²) in [4.78, 5) is 19.7. The molecule has 8 heteroatoms. The highest BCUT2D eigenvalue weighted by Gasteiger charge is 2.19. The molecule has 3 rings (SSSR count). The number of benzene rings is 2. The van der Waals surface area contributed by atoms with Crippen molar-refractivity contribution >= 4 is 24.6 Å². The smallest absolute Gasteiger partial charge is 0.318 e. The lowest BCUT2D eigenvalue weighted by Gasteiger charge is -2.25. The Hall–Kier alpha value is -3.78. The number of anilines is 1. The van der Waals surface area contributed by atoms with E-state index >= 15 is 0 Å². The van der Waals surface area contributed by atoms with Crippen LogP contribution in [0.5, 0.6) is 6.01 Å². The number of rotatable bonds is 16. The van der Waals surface area contributed by atoms with E-state index in [9.17, 15) is 0 Å². The van der Waals surface area contributed by atoms with Crippen LogP contribution in [-0.2, 0) is 17.7 Å². The molecular weight excluding hydrogens is 512 g/mol. The number of hydrogen-bond acceptors (Lipinski definition) is 7. The van der Waals surface area contributed by atoms with E-state index in [2.05, 4.69) is 84.1 Å². The summed E-state index contributed by atoms with van der Waals surface area (Å²) in [7, 11) is 1.72. The summed E-state index contributed by atoms with van der Waals surface area (Å²) in [5, 5.41) is 2.86. The van der Waals surface area contributed by atoms with Crippen LogP contribution in [0.3, 0.4) is 0 Å². The average molecular weight is 563 g/mol. The Labute approximate surface area is 248 Å². The highest BCUT2D eigenvalue weighted by molar-refractivity contribution is 5.68. The van der Waals surface area contributed by atoms with Crippen LogP contribution in [0.2, 0.25) is 0 Å². The lowest BCUT2D eigenvalue weighted by molar-refractivity contribution is 0.130. The quantitative estimate of drug-likeness (QED) is 0.0857. The molecule has 0 saturated carbocycles. The molecule has 0 aliphatic rings. The molecule has 0 aliphatic carbocycles. The lowest BCUT2D eigenvalue weighted by atomic mass is 10.1. The molecule has 0 atom stereocenters. The molecule has 0 bridgehead atoms. The summed E-state index contributed by atoms with van der Waals surface area (Å²) >= 11 is 0. The zero-order valence-corrected chi connectivity index (χ0v) is 26.0. The molecule has 0 spiro atoms. The average Bonchev–Trinajstić information content (AvgIpc) is 3.02. The van der Waals surface area contributed by atoms with Crippen molar-refractivity contribution in [1.82, 2.24) is 15.3 Å². The van der Waals surface area contributed by atoms with Gasteiger partial charge in [-0.2, -0.15) is 9.97 Å². The van der Waals surface area contributed by atoms with Crippen molar-refractivity contribution in [3.63, 3.8) is 0 Å². The molecule has 3 aromatic rings. The second-order valence-corrected chi connectivity index (χ2v) is 8.79.